The predicted molar refractivity (Wildman–Crippen MR) is 70.4 cm³/mol. The Morgan fingerprint density at radius 1 is 1.40 bits per heavy atom. The Bertz CT molecular complexity index is 466. The van der Waals surface area contributed by atoms with Crippen molar-refractivity contribution in [1.82, 2.24) is 4.90 Å². The minimum Gasteiger partial charge on any atom is -0.489 e. The van der Waals surface area contributed by atoms with Gasteiger partial charge in [0.15, 0.2) is 11.6 Å². The number of hydrogen-bond acceptors (Lipinski definition) is 5. The quantitative estimate of drug-likeness (QED) is 0.831. The van der Waals surface area contributed by atoms with E-state index < -0.39 is 11.8 Å². The fraction of sp³-hybridized carbons (Fsp3) is 0.462. The summed E-state index contributed by atoms with van der Waals surface area (Å²) in [6.07, 6.45) is 0. The summed E-state index contributed by atoms with van der Waals surface area (Å²) in [6.45, 7) is 4.20. The molecule has 1 aliphatic heterocycles. The van der Waals surface area contributed by atoms with Crippen molar-refractivity contribution in [2.24, 2.45) is 0 Å². The topological polar surface area (TPSA) is 48.0 Å². The Morgan fingerprint density at radius 2 is 2.15 bits per heavy atom. The van der Waals surface area contributed by atoms with Crippen LogP contribution in [0, 0.1) is 5.82 Å². The first-order valence-electron chi connectivity index (χ1n) is 6.26. The smallest absolute Gasteiger partial charge is 0.356 e. The molecule has 20 heavy (non-hydrogen) atoms. The molecular weight excluding hydrogens is 289 g/mol. The summed E-state index contributed by atoms with van der Waals surface area (Å²) in [4.78, 5) is 13.3. The van der Waals surface area contributed by atoms with Crippen LogP contribution in [0.15, 0.2) is 18.2 Å². The van der Waals surface area contributed by atoms with Crippen LogP contribution in [0.3, 0.4) is 0 Å². The van der Waals surface area contributed by atoms with E-state index in [-0.39, 0.29) is 11.3 Å². The van der Waals surface area contributed by atoms with Crippen molar-refractivity contribution in [3.63, 3.8) is 0 Å². The molecule has 5 nitrogen and oxygen atoms in total. The Balaban J connectivity index is 1.84. The maximum absolute atomic E-state index is 13.7. The molecule has 0 aromatic heterocycles. The molecule has 0 saturated carbocycles. The molecule has 1 aromatic rings. The lowest BCUT2D eigenvalue weighted by atomic mass is 10.2. The fourth-order valence-electron chi connectivity index (χ4n) is 1.90. The monoisotopic (exact) mass is 303 g/mol. The van der Waals surface area contributed by atoms with Crippen LogP contribution in [-0.4, -0.2) is 50.3 Å². The van der Waals surface area contributed by atoms with Crippen LogP contribution in [-0.2, 0) is 9.03 Å². The molecule has 0 atom stereocenters. The molecule has 1 saturated heterocycles. The van der Waals surface area contributed by atoms with E-state index in [1.165, 1.54) is 12.1 Å². The molecule has 7 heteroatoms. The number of carbonyl (C=O) groups is 1. The maximum Gasteiger partial charge on any atom is 0.356 e. The number of ether oxygens (including phenoxy) is 2. The summed E-state index contributed by atoms with van der Waals surface area (Å²) in [7, 11) is 0. The number of morpholine rings is 1. The highest BCUT2D eigenvalue weighted by atomic mass is 35.5. The largest absolute Gasteiger partial charge is 0.489 e. The molecule has 0 bridgehead atoms. The number of rotatable bonds is 5. The lowest BCUT2D eigenvalue weighted by Crippen LogP contribution is -2.38. The Morgan fingerprint density at radius 3 is 2.80 bits per heavy atom. The highest BCUT2D eigenvalue weighted by Gasteiger charge is 2.13. The molecule has 110 valence electrons. The van der Waals surface area contributed by atoms with Crippen LogP contribution in [0.2, 0.25) is 0 Å². The van der Waals surface area contributed by atoms with E-state index in [1.54, 1.807) is 0 Å². The van der Waals surface area contributed by atoms with E-state index in [1.807, 2.05) is 0 Å². The van der Waals surface area contributed by atoms with Gasteiger partial charge in [-0.2, -0.15) is 0 Å². The van der Waals surface area contributed by atoms with Crippen LogP contribution in [0.1, 0.15) is 10.4 Å². The van der Waals surface area contributed by atoms with Crippen LogP contribution in [0.25, 0.3) is 0 Å². The summed E-state index contributed by atoms with van der Waals surface area (Å²) >= 11 is 4.93. The molecule has 1 aromatic carbocycles. The molecule has 0 spiro atoms. The van der Waals surface area contributed by atoms with E-state index in [9.17, 15) is 9.18 Å². The molecule has 1 fully saturated rings. The fourth-order valence-corrected chi connectivity index (χ4v) is 1.99. The van der Waals surface area contributed by atoms with Gasteiger partial charge in [0, 0.05) is 19.6 Å². The number of nitrogens with zero attached hydrogens (tertiary/aromatic N) is 1. The van der Waals surface area contributed by atoms with Crippen molar-refractivity contribution >= 4 is 17.8 Å². The summed E-state index contributed by atoms with van der Waals surface area (Å²) in [6, 6.07) is 3.82. The number of halogens is 2. The van der Waals surface area contributed by atoms with Crippen molar-refractivity contribution in [3.8, 4) is 5.75 Å². The van der Waals surface area contributed by atoms with Gasteiger partial charge in [0.2, 0.25) is 0 Å². The lowest BCUT2D eigenvalue weighted by Gasteiger charge is -2.26. The third-order valence-electron chi connectivity index (χ3n) is 3.01. The predicted octanol–water partition coefficient (Wildman–Crippen LogP) is 1.85. The number of benzene rings is 1. The van der Waals surface area contributed by atoms with Gasteiger partial charge in [0.1, 0.15) is 18.5 Å². The highest BCUT2D eigenvalue weighted by Crippen LogP contribution is 2.19. The van der Waals surface area contributed by atoms with Crippen molar-refractivity contribution in [2.75, 3.05) is 39.5 Å². The van der Waals surface area contributed by atoms with Gasteiger partial charge < -0.3 is 13.8 Å². The molecule has 1 heterocycles. The molecular formula is C13H15ClFNO4. The highest BCUT2D eigenvalue weighted by molar-refractivity contribution is 6.15. The van der Waals surface area contributed by atoms with E-state index in [2.05, 4.69) is 9.19 Å². The van der Waals surface area contributed by atoms with Crippen LogP contribution < -0.4 is 4.74 Å². The first-order valence-corrected chi connectivity index (χ1v) is 6.57. The second-order valence-electron chi connectivity index (χ2n) is 4.31. The number of carbonyl (C=O) groups excluding carboxylic acids is 1. The minimum absolute atomic E-state index is 0.0398. The second-order valence-corrected chi connectivity index (χ2v) is 4.47. The van der Waals surface area contributed by atoms with Gasteiger partial charge in [-0.15, -0.1) is 0 Å². The zero-order valence-corrected chi connectivity index (χ0v) is 11.6. The lowest BCUT2D eigenvalue weighted by molar-refractivity contribution is 0.0320. The van der Waals surface area contributed by atoms with E-state index >= 15 is 0 Å². The third kappa shape index (κ3) is 4.06. The molecule has 0 amide bonds. The van der Waals surface area contributed by atoms with Gasteiger partial charge in [-0.05, 0) is 18.2 Å². The van der Waals surface area contributed by atoms with E-state index in [0.29, 0.717) is 26.4 Å². The molecule has 1 aliphatic rings. The first kappa shape index (κ1) is 15.0. The molecule has 0 unspecified atom stereocenters. The molecule has 2 rings (SSSR count). The molecule has 0 N–H and O–H groups in total. The zero-order chi connectivity index (χ0) is 14.4. The Hall–Kier alpha value is -1.37. The normalized spacial score (nSPS) is 15.9. The summed E-state index contributed by atoms with van der Waals surface area (Å²) in [5.41, 5.74) is 0.0398. The van der Waals surface area contributed by atoms with Gasteiger partial charge in [0.05, 0.1) is 18.8 Å². The summed E-state index contributed by atoms with van der Waals surface area (Å²) < 4.78 is 28.3. The average Bonchev–Trinajstić information content (AvgIpc) is 2.49. The van der Waals surface area contributed by atoms with Gasteiger partial charge >= 0.3 is 5.97 Å². The summed E-state index contributed by atoms with van der Waals surface area (Å²) in [5, 5.41) is 0. The van der Waals surface area contributed by atoms with Crippen LogP contribution in [0.5, 0.6) is 5.75 Å². The van der Waals surface area contributed by atoms with Crippen molar-refractivity contribution in [3.05, 3.63) is 29.6 Å². The van der Waals surface area contributed by atoms with Gasteiger partial charge in [-0.3, -0.25) is 4.90 Å². The average molecular weight is 304 g/mol. The van der Waals surface area contributed by atoms with Crippen molar-refractivity contribution < 1.29 is 22.9 Å². The molecule has 0 aliphatic carbocycles. The van der Waals surface area contributed by atoms with E-state index in [0.717, 1.165) is 19.2 Å². The summed E-state index contributed by atoms with van der Waals surface area (Å²) in [5.74, 6) is -1.32. The van der Waals surface area contributed by atoms with Gasteiger partial charge in [-0.25, -0.2) is 9.18 Å². The van der Waals surface area contributed by atoms with Crippen molar-refractivity contribution in [2.45, 2.75) is 0 Å². The maximum atomic E-state index is 13.7. The van der Waals surface area contributed by atoms with Crippen molar-refractivity contribution in [1.29, 1.82) is 0 Å². The standard InChI is InChI=1S/C13H15ClFNO4/c14-20-13(17)10-1-2-12(11(15)9-10)19-8-5-16-3-6-18-7-4-16/h1-2,9H,3-8H2. The molecule has 0 radical (unpaired) electrons. The first-order chi connectivity index (χ1) is 9.70. The second kappa shape index (κ2) is 7.42. The van der Waals surface area contributed by atoms with Crippen LogP contribution >= 0.6 is 11.9 Å². The van der Waals surface area contributed by atoms with Gasteiger partial charge in [0.25, 0.3) is 0 Å². The Kier molecular flexibility index (Phi) is 5.58. The number of hydrogen-bond donors (Lipinski definition) is 0. The zero-order valence-electron chi connectivity index (χ0n) is 10.8. The minimum atomic E-state index is -0.801. The SMILES string of the molecule is O=C(OCl)c1ccc(OCCN2CCOCC2)c(F)c1. The van der Waals surface area contributed by atoms with Gasteiger partial charge in [-0.1, -0.05) is 0 Å². The van der Waals surface area contributed by atoms with E-state index in [4.69, 9.17) is 21.3 Å². The Labute approximate surface area is 121 Å². The third-order valence-corrected chi connectivity index (χ3v) is 3.15. The van der Waals surface area contributed by atoms with Crippen LogP contribution in [0.4, 0.5) is 4.39 Å².